The SMILES string of the molecule is COC(=O)[C@H]1CC[C@H](c2ccccc2)N1C(=O)N(C)C. The number of ether oxygens (including phenoxy) is 1. The minimum atomic E-state index is -0.500. The molecule has 2 rings (SSSR count). The van der Waals surface area contributed by atoms with Crippen molar-refractivity contribution >= 4 is 12.0 Å². The molecule has 2 atom stereocenters. The summed E-state index contributed by atoms with van der Waals surface area (Å²) in [6, 6.07) is 9.06. The van der Waals surface area contributed by atoms with Crippen molar-refractivity contribution < 1.29 is 14.3 Å². The molecule has 1 aromatic rings. The van der Waals surface area contributed by atoms with Gasteiger partial charge in [0.05, 0.1) is 13.2 Å². The Kier molecular flexibility index (Phi) is 4.27. The quantitative estimate of drug-likeness (QED) is 0.777. The molecule has 1 aromatic carbocycles. The van der Waals surface area contributed by atoms with Crippen molar-refractivity contribution in [3.8, 4) is 0 Å². The van der Waals surface area contributed by atoms with Gasteiger partial charge in [-0.15, -0.1) is 0 Å². The van der Waals surface area contributed by atoms with Crippen molar-refractivity contribution in [2.75, 3.05) is 21.2 Å². The lowest BCUT2D eigenvalue weighted by atomic mass is 10.1. The number of carbonyl (C=O) groups excluding carboxylic acids is 2. The maximum Gasteiger partial charge on any atom is 0.328 e. The summed E-state index contributed by atoms with van der Waals surface area (Å²) in [7, 11) is 4.74. The van der Waals surface area contributed by atoms with Gasteiger partial charge >= 0.3 is 12.0 Å². The van der Waals surface area contributed by atoms with E-state index in [-0.39, 0.29) is 18.0 Å². The average Bonchev–Trinajstić information content (AvgIpc) is 2.91. The van der Waals surface area contributed by atoms with Crippen molar-refractivity contribution in [2.45, 2.75) is 24.9 Å². The zero-order valence-electron chi connectivity index (χ0n) is 12.1. The van der Waals surface area contributed by atoms with Gasteiger partial charge in [-0.05, 0) is 18.4 Å². The number of rotatable bonds is 2. The molecule has 1 fully saturated rings. The monoisotopic (exact) mass is 276 g/mol. The van der Waals surface area contributed by atoms with E-state index < -0.39 is 6.04 Å². The number of amides is 2. The number of methoxy groups -OCH3 is 1. The average molecular weight is 276 g/mol. The Bertz CT molecular complexity index is 487. The Morgan fingerprint density at radius 2 is 1.85 bits per heavy atom. The molecule has 2 amide bonds. The van der Waals surface area contributed by atoms with Crippen molar-refractivity contribution in [3.05, 3.63) is 35.9 Å². The van der Waals surface area contributed by atoms with Gasteiger partial charge in [0.25, 0.3) is 0 Å². The molecule has 0 aliphatic carbocycles. The summed E-state index contributed by atoms with van der Waals surface area (Å²) in [6.45, 7) is 0. The van der Waals surface area contributed by atoms with E-state index in [1.807, 2.05) is 30.3 Å². The summed E-state index contributed by atoms with van der Waals surface area (Å²) in [5.41, 5.74) is 1.05. The van der Waals surface area contributed by atoms with Gasteiger partial charge in [-0.1, -0.05) is 30.3 Å². The molecule has 5 nitrogen and oxygen atoms in total. The Morgan fingerprint density at radius 1 is 1.20 bits per heavy atom. The van der Waals surface area contributed by atoms with Gasteiger partial charge in [0.2, 0.25) is 0 Å². The molecule has 108 valence electrons. The fraction of sp³-hybridized carbons (Fsp3) is 0.467. The van der Waals surface area contributed by atoms with Gasteiger partial charge in [0, 0.05) is 14.1 Å². The van der Waals surface area contributed by atoms with Crippen LogP contribution in [0, 0.1) is 0 Å². The predicted molar refractivity (Wildman–Crippen MR) is 75.1 cm³/mol. The Morgan fingerprint density at radius 3 is 2.40 bits per heavy atom. The molecule has 0 spiro atoms. The second-order valence-electron chi connectivity index (χ2n) is 5.13. The third-order valence-corrected chi connectivity index (χ3v) is 3.65. The van der Waals surface area contributed by atoms with Crippen molar-refractivity contribution in [1.29, 1.82) is 0 Å². The zero-order valence-corrected chi connectivity index (χ0v) is 12.1. The lowest BCUT2D eigenvalue weighted by Crippen LogP contribution is -2.46. The van der Waals surface area contributed by atoms with Crippen LogP contribution in [0.25, 0.3) is 0 Å². The van der Waals surface area contributed by atoms with E-state index >= 15 is 0 Å². The van der Waals surface area contributed by atoms with Crippen LogP contribution in [0.4, 0.5) is 4.79 Å². The van der Waals surface area contributed by atoms with Crippen LogP contribution in [0.15, 0.2) is 30.3 Å². The van der Waals surface area contributed by atoms with E-state index in [2.05, 4.69) is 0 Å². The highest BCUT2D eigenvalue weighted by Crippen LogP contribution is 2.37. The molecule has 1 aliphatic heterocycles. The minimum absolute atomic E-state index is 0.0739. The van der Waals surface area contributed by atoms with Gasteiger partial charge in [0.15, 0.2) is 0 Å². The lowest BCUT2D eigenvalue weighted by Gasteiger charge is -2.31. The lowest BCUT2D eigenvalue weighted by molar-refractivity contribution is -0.145. The zero-order chi connectivity index (χ0) is 14.7. The van der Waals surface area contributed by atoms with Crippen LogP contribution < -0.4 is 0 Å². The van der Waals surface area contributed by atoms with Crippen LogP contribution in [0.2, 0.25) is 0 Å². The first-order chi connectivity index (χ1) is 9.56. The molecule has 1 aliphatic rings. The Labute approximate surface area is 119 Å². The number of hydrogen-bond acceptors (Lipinski definition) is 3. The van der Waals surface area contributed by atoms with Crippen LogP contribution >= 0.6 is 0 Å². The Balaban J connectivity index is 2.33. The number of esters is 1. The number of likely N-dealkylation sites (tertiary alicyclic amines) is 1. The smallest absolute Gasteiger partial charge is 0.328 e. The normalized spacial score (nSPS) is 21.6. The summed E-state index contributed by atoms with van der Waals surface area (Å²) in [5.74, 6) is -0.348. The summed E-state index contributed by atoms with van der Waals surface area (Å²) in [4.78, 5) is 27.4. The maximum absolute atomic E-state index is 12.4. The number of hydrogen-bond donors (Lipinski definition) is 0. The molecule has 5 heteroatoms. The first-order valence-electron chi connectivity index (χ1n) is 6.68. The fourth-order valence-electron chi connectivity index (χ4n) is 2.68. The van der Waals surface area contributed by atoms with E-state index in [4.69, 9.17) is 4.74 Å². The third-order valence-electron chi connectivity index (χ3n) is 3.65. The van der Waals surface area contributed by atoms with E-state index in [0.29, 0.717) is 6.42 Å². The van der Waals surface area contributed by atoms with Gasteiger partial charge in [0.1, 0.15) is 6.04 Å². The van der Waals surface area contributed by atoms with E-state index in [1.165, 1.54) is 12.0 Å². The molecule has 0 N–H and O–H groups in total. The summed E-state index contributed by atoms with van der Waals surface area (Å²) < 4.78 is 4.83. The molecular formula is C15H20N2O3. The largest absolute Gasteiger partial charge is 0.467 e. The standard InChI is InChI=1S/C15H20N2O3/c1-16(2)15(19)17-12(11-7-5-4-6-8-11)9-10-13(17)14(18)20-3/h4-8,12-13H,9-10H2,1-3H3/t12-,13-/m1/s1. The summed E-state index contributed by atoms with van der Waals surface area (Å²) in [6.07, 6.45) is 1.40. The number of carbonyl (C=O) groups is 2. The highest BCUT2D eigenvalue weighted by Gasteiger charge is 2.42. The van der Waals surface area contributed by atoms with E-state index in [0.717, 1.165) is 12.0 Å². The maximum atomic E-state index is 12.4. The van der Waals surface area contributed by atoms with E-state index in [9.17, 15) is 9.59 Å². The van der Waals surface area contributed by atoms with Crippen LogP contribution in [0.3, 0.4) is 0 Å². The molecule has 1 heterocycles. The predicted octanol–water partition coefficient (Wildman–Crippen LogP) is 2.05. The first kappa shape index (κ1) is 14.4. The molecule has 0 radical (unpaired) electrons. The molecule has 0 bridgehead atoms. The highest BCUT2D eigenvalue weighted by atomic mass is 16.5. The first-order valence-corrected chi connectivity index (χ1v) is 6.68. The molecule has 1 saturated heterocycles. The van der Waals surface area contributed by atoms with Gasteiger partial charge in [-0.3, -0.25) is 0 Å². The fourth-order valence-corrected chi connectivity index (χ4v) is 2.68. The summed E-state index contributed by atoms with van der Waals surface area (Å²) in [5, 5.41) is 0. The van der Waals surface area contributed by atoms with Crippen molar-refractivity contribution in [3.63, 3.8) is 0 Å². The van der Waals surface area contributed by atoms with Gasteiger partial charge in [-0.25, -0.2) is 9.59 Å². The summed E-state index contributed by atoms with van der Waals surface area (Å²) >= 11 is 0. The van der Waals surface area contributed by atoms with Gasteiger partial charge in [-0.2, -0.15) is 0 Å². The number of nitrogens with zero attached hydrogens (tertiary/aromatic N) is 2. The molecular weight excluding hydrogens is 256 g/mol. The van der Waals surface area contributed by atoms with Crippen LogP contribution in [-0.2, 0) is 9.53 Å². The van der Waals surface area contributed by atoms with Gasteiger partial charge < -0.3 is 14.5 Å². The second kappa shape index (κ2) is 5.94. The van der Waals surface area contributed by atoms with Crippen LogP contribution in [0.5, 0.6) is 0 Å². The topological polar surface area (TPSA) is 49.9 Å². The number of urea groups is 1. The molecule has 0 aromatic heterocycles. The molecule has 20 heavy (non-hydrogen) atoms. The van der Waals surface area contributed by atoms with Crippen molar-refractivity contribution in [1.82, 2.24) is 9.80 Å². The van der Waals surface area contributed by atoms with Crippen LogP contribution in [0.1, 0.15) is 24.4 Å². The molecule has 0 unspecified atom stereocenters. The second-order valence-corrected chi connectivity index (χ2v) is 5.13. The van der Waals surface area contributed by atoms with Crippen LogP contribution in [-0.4, -0.2) is 49.0 Å². The Hall–Kier alpha value is -2.04. The minimum Gasteiger partial charge on any atom is -0.467 e. The molecule has 0 saturated carbocycles. The number of benzene rings is 1. The van der Waals surface area contributed by atoms with Crippen molar-refractivity contribution in [2.24, 2.45) is 0 Å². The third kappa shape index (κ3) is 2.61. The highest BCUT2D eigenvalue weighted by molar-refractivity contribution is 5.84. The van der Waals surface area contributed by atoms with E-state index in [1.54, 1.807) is 19.0 Å².